The molecular formula is C18H25FN2O3. The second-order valence-electron chi connectivity index (χ2n) is 7.16. The molecular weight excluding hydrogens is 311 g/mol. The predicted octanol–water partition coefficient (Wildman–Crippen LogP) is 1.18. The van der Waals surface area contributed by atoms with Gasteiger partial charge in [-0.25, -0.2) is 4.39 Å². The Bertz CT molecular complexity index is 594. The van der Waals surface area contributed by atoms with E-state index in [0.717, 1.165) is 18.4 Å². The highest BCUT2D eigenvalue weighted by Crippen LogP contribution is 2.35. The lowest BCUT2D eigenvalue weighted by molar-refractivity contribution is -0.139. The van der Waals surface area contributed by atoms with Gasteiger partial charge in [0.25, 0.3) is 0 Å². The van der Waals surface area contributed by atoms with E-state index in [1.54, 1.807) is 17.0 Å². The molecule has 1 aromatic rings. The minimum Gasteiger partial charge on any atom is -0.390 e. The van der Waals surface area contributed by atoms with Crippen LogP contribution in [-0.4, -0.2) is 51.4 Å². The lowest BCUT2D eigenvalue weighted by atomic mass is 9.83. The number of fused-ring (bicyclic) bond motifs is 1. The number of hydrogen-bond donors (Lipinski definition) is 3. The highest BCUT2D eigenvalue weighted by molar-refractivity contribution is 5.77. The molecule has 5 nitrogen and oxygen atoms in total. The molecule has 0 spiro atoms. The molecule has 2 aliphatic rings. The van der Waals surface area contributed by atoms with E-state index < -0.39 is 17.7 Å². The van der Waals surface area contributed by atoms with Crippen molar-refractivity contribution in [1.82, 2.24) is 10.2 Å². The summed E-state index contributed by atoms with van der Waals surface area (Å²) in [5, 5.41) is 23.6. The molecule has 4 atom stereocenters. The van der Waals surface area contributed by atoms with E-state index in [0.29, 0.717) is 25.9 Å². The predicted molar refractivity (Wildman–Crippen MR) is 87.6 cm³/mol. The van der Waals surface area contributed by atoms with Crippen LogP contribution in [0, 0.1) is 5.82 Å². The molecule has 24 heavy (non-hydrogen) atoms. The maximum Gasteiger partial charge on any atom is 0.223 e. The van der Waals surface area contributed by atoms with Gasteiger partial charge in [-0.15, -0.1) is 0 Å². The fraction of sp³-hybridized carbons (Fsp3) is 0.611. The van der Waals surface area contributed by atoms with Gasteiger partial charge in [0.2, 0.25) is 5.91 Å². The molecule has 3 N–H and O–H groups in total. The summed E-state index contributed by atoms with van der Waals surface area (Å²) in [7, 11) is 0. The maximum atomic E-state index is 13.1. The van der Waals surface area contributed by atoms with Gasteiger partial charge in [-0.2, -0.15) is 0 Å². The zero-order chi connectivity index (χ0) is 17.3. The number of likely N-dealkylation sites (tertiary alicyclic amines) is 1. The molecule has 2 aliphatic heterocycles. The first-order chi connectivity index (χ1) is 11.4. The summed E-state index contributed by atoms with van der Waals surface area (Å²) in [5.74, 6) is -0.269. The summed E-state index contributed by atoms with van der Waals surface area (Å²) in [4.78, 5) is 14.5. The Morgan fingerprint density at radius 1 is 1.29 bits per heavy atom. The van der Waals surface area contributed by atoms with Gasteiger partial charge in [0.15, 0.2) is 0 Å². The molecule has 0 aliphatic carbocycles. The summed E-state index contributed by atoms with van der Waals surface area (Å²) < 4.78 is 13.1. The van der Waals surface area contributed by atoms with Crippen LogP contribution in [0.2, 0.25) is 0 Å². The number of hydrogen-bond acceptors (Lipinski definition) is 4. The van der Waals surface area contributed by atoms with Crippen LogP contribution in [0.1, 0.15) is 38.2 Å². The van der Waals surface area contributed by atoms with Crippen molar-refractivity contribution in [2.45, 2.75) is 62.9 Å². The van der Waals surface area contributed by atoms with Gasteiger partial charge >= 0.3 is 0 Å². The molecule has 0 unspecified atom stereocenters. The van der Waals surface area contributed by atoms with Crippen LogP contribution in [-0.2, 0) is 11.3 Å². The second-order valence-corrected chi connectivity index (χ2v) is 7.16. The van der Waals surface area contributed by atoms with Gasteiger partial charge in [-0.05, 0) is 37.5 Å². The molecule has 0 saturated carbocycles. The lowest BCUT2D eigenvalue weighted by Crippen LogP contribution is -2.59. The zero-order valence-electron chi connectivity index (χ0n) is 13.9. The Hall–Kier alpha value is -1.50. The third-order valence-electron chi connectivity index (χ3n) is 5.45. The molecule has 3 rings (SSSR count). The molecule has 6 heteroatoms. The van der Waals surface area contributed by atoms with Crippen molar-refractivity contribution in [2.24, 2.45) is 0 Å². The largest absolute Gasteiger partial charge is 0.390 e. The Kier molecular flexibility index (Phi) is 4.90. The highest BCUT2D eigenvalue weighted by atomic mass is 19.1. The first-order valence-corrected chi connectivity index (χ1v) is 8.54. The molecule has 0 bridgehead atoms. The molecule has 1 amide bonds. The number of halogens is 1. The van der Waals surface area contributed by atoms with E-state index >= 15 is 0 Å². The molecule has 1 aromatic carbocycles. The van der Waals surface area contributed by atoms with Crippen LogP contribution < -0.4 is 5.32 Å². The Morgan fingerprint density at radius 3 is 2.71 bits per heavy atom. The molecule has 0 aromatic heterocycles. The second kappa shape index (κ2) is 6.78. The molecule has 2 heterocycles. The standard InChI is InChI=1S/C18H25FN2O3/c1-18-9-14(22)15(23)10-20-16(18)3-2-4-17(24)21(18)11-12-5-7-13(19)8-6-12/h5-8,14-16,20,22-23H,2-4,9-11H2,1H3/t14-,15+,16-,18+/m1/s1. The van der Waals surface area contributed by atoms with E-state index in [-0.39, 0.29) is 17.8 Å². The van der Waals surface area contributed by atoms with Gasteiger partial charge in [0, 0.05) is 32.0 Å². The summed E-state index contributed by atoms with van der Waals surface area (Å²) in [6, 6.07) is 6.15. The zero-order valence-corrected chi connectivity index (χ0v) is 13.9. The van der Waals surface area contributed by atoms with Crippen LogP contribution >= 0.6 is 0 Å². The fourth-order valence-corrected chi connectivity index (χ4v) is 3.95. The van der Waals surface area contributed by atoms with Gasteiger partial charge in [0.1, 0.15) is 5.82 Å². The van der Waals surface area contributed by atoms with Gasteiger partial charge < -0.3 is 20.4 Å². The third-order valence-corrected chi connectivity index (χ3v) is 5.45. The first-order valence-electron chi connectivity index (χ1n) is 8.54. The number of carbonyl (C=O) groups is 1. The van der Waals surface area contributed by atoms with Crippen LogP contribution in [0.25, 0.3) is 0 Å². The molecule has 2 fully saturated rings. The van der Waals surface area contributed by atoms with Crippen LogP contribution in [0.5, 0.6) is 0 Å². The van der Waals surface area contributed by atoms with E-state index in [1.165, 1.54) is 12.1 Å². The van der Waals surface area contributed by atoms with Crippen LogP contribution in [0.4, 0.5) is 4.39 Å². The Labute approximate surface area is 141 Å². The Morgan fingerprint density at radius 2 is 2.00 bits per heavy atom. The number of benzene rings is 1. The van der Waals surface area contributed by atoms with Crippen LogP contribution in [0.15, 0.2) is 24.3 Å². The van der Waals surface area contributed by atoms with Gasteiger partial charge in [-0.3, -0.25) is 4.79 Å². The average molecular weight is 336 g/mol. The maximum absolute atomic E-state index is 13.1. The quantitative estimate of drug-likeness (QED) is 0.758. The third kappa shape index (κ3) is 3.31. The SMILES string of the molecule is C[C@]12C[C@@H](O)[C@@H](O)CN[C@@H]1CCCC(=O)N2Cc1ccc(F)cc1. The molecule has 132 valence electrons. The van der Waals surface area contributed by atoms with Gasteiger partial charge in [0.05, 0.1) is 17.7 Å². The normalized spacial score (nSPS) is 34.4. The summed E-state index contributed by atoms with van der Waals surface area (Å²) in [6.07, 6.45) is 0.664. The van der Waals surface area contributed by atoms with Crippen molar-refractivity contribution >= 4 is 5.91 Å². The number of aliphatic hydroxyl groups excluding tert-OH is 2. The van der Waals surface area contributed by atoms with Crippen molar-refractivity contribution in [3.63, 3.8) is 0 Å². The van der Waals surface area contributed by atoms with Crippen molar-refractivity contribution in [3.05, 3.63) is 35.6 Å². The van der Waals surface area contributed by atoms with E-state index in [2.05, 4.69) is 5.32 Å². The van der Waals surface area contributed by atoms with Crippen LogP contribution in [0.3, 0.4) is 0 Å². The smallest absolute Gasteiger partial charge is 0.223 e. The highest BCUT2D eigenvalue weighted by Gasteiger charge is 2.47. The number of rotatable bonds is 2. The summed E-state index contributed by atoms with van der Waals surface area (Å²) in [6.45, 7) is 2.66. The molecule has 0 radical (unpaired) electrons. The average Bonchev–Trinajstić information content (AvgIpc) is 2.72. The lowest BCUT2D eigenvalue weighted by Gasteiger charge is -2.45. The van der Waals surface area contributed by atoms with E-state index in [1.807, 2.05) is 6.92 Å². The number of nitrogens with one attached hydrogen (secondary N) is 1. The first kappa shape index (κ1) is 17.3. The number of β-amino-alcohol motifs (C(OH)–C–C–N with tert-alkyl or cyclic N) is 1. The van der Waals surface area contributed by atoms with Crippen molar-refractivity contribution < 1.29 is 19.4 Å². The topological polar surface area (TPSA) is 72.8 Å². The van der Waals surface area contributed by atoms with E-state index in [9.17, 15) is 19.4 Å². The van der Waals surface area contributed by atoms with Gasteiger partial charge in [-0.1, -0.05) is 12.1 Å². The van der Waals surface area contributed by atoms with E-state index in [4.69, 9.17) is 0 Å². The number of aliphatic hydroxyl groups is 2. The minimum absolute atomic E-state index is 0.0104. The fourth-order valence-electron chi connectivity index (χ4n) is 3.95. The number of nitrogens with zero attached hydrogens (tertiary/aromatic N) is 1. The number of carbonyl (C=O) groups excluding carboxylic acids is 1. The van der Waals surface area contributed by atoms with Crippen molar-refractivity contribution in [3.8, 4) is 0 Å². The number of amides is 1. The monoisotopic (exact) mass is 336 g/mol. The van der Waals surface area contributed by atoms with Crippen molar-refractivity contribution in [1.29, 1.82) is 0 Å². The van der Waals surface area contributed by atoms with Crippen molar-refractivity contribution in [2.75, 3.05) is 6.54 Å². The minimum atomic E-state index is -0.880. The Balaban J connectivity index is 1.92. The summed E-state index contributed by atoms with van der Waals surface area (Å²) >= 11 is 0. The summed E-state index contributed by atoms with van der Waals surface area (Å²) in [5.41, 5.74) is 0.254. The molecule has 2 saturated heterocycles.